The molecule has 7 nitrogen and oxygen atoms in total. The molecule has 1 N–H and O–H groups in total. The van der Waals surface area contributed by atoms with Gasteiger partial charge in [-0.1, -0.05) is 29.8 Å². The normalized spacial score (nSPS) is 10.3. The SMILES string of the molecule is Cc1ccc(CCC(=O)OCCCNc2ccc([N+](=O)[O-])cn2)cc1. The minimum atomic E-state index is -0.493. The van der Waals surface area contributed by atoms with E-state index in [1.165, 1.54) is 17.8 Å². The van der Waals surface area contributed by atoms with Crippen LogP contribution in [-0.4, -0.2) is 29.0 Å². The highest BCUT2D eigenvalue weighted by Gasteiger charge is 2.05. The molecule has 2 aromatic rings. The molecule has 0 aliphatic carbocycles. The van der Waals surface area contributed by atoms with Crippen molar-refractivity contribution in [2.75, 3.05) is 18.5 Å². The lowest BCUT2D eigenvalue weighted by atomic mass is 10.1. The number of aromatic nitrogens is 1. The summed E-state index contributed by atoms with van der Waals surface area (Å²) in [6, 6.07) is 11.0. The van der Waals surface area contributed by atoms with E-state index in [2.05, 4.69) is 10.3 Å². The first-order valence-electron chi connectivity index (χ1n) is 8.10. The zero-order chi connectivity index (χ0) is 18.1. The number of nitro groups is 1. The summed E-state index contributed by atoms with van der Waals surface area (Å²) < 4.78 is 5.19. The van der Waals surface area contributed by atoms with Gasteiger partial charge in [-0.05, 0) is 31.4 Å². The third kappa shape index (κ3) is 6.58. The van der Waals surface area contributed by atoms with Crippen LogP contribution in [0, 0.1) is 17.0 Å². The number of benzene rings is 1. The number of aryl methyl sites for hydroxylation is 2. The number of hydrogen-bond donors (Lipinski definition) is 1. The van der Waals surface area contributed by atoms with Crippen LogP contribution < -0.4 is 5.32 Å². The molecule has 0 radical (unpaired) electrons. The van der Waals surface area contributed by atoms with Gasteiger partial charge in [0.2, 0.25) is 0 Å². The van der Waals surface area contributed by atoms with Crippen LogP contribution >= 0.6 is 0 Å². The number of nitrogens with one attached hydrogen (secondary N) is 1. The van der Waals surface area contributed by atoms with Gasteiger partial charge in [-0.25, -0.2) is 4.98 Å². The lowest BCUT2D eigenvalue weighted by Crippen LogP contribution is -2.11. The minimum absolute atomic E-state index is 0.0481. The molecule has 1 heterocycles. The lowest BCUT2D eigenvalue weighted by molar-refractivity contribution is -0.385. The molecule has 0 atom stereocenters. The number of esters is 1. The van der Waals surface area contributed by atoms with Crippen molar-refractivity contribution in [1.29, 1.82) is 0 Å². The average Bonchev–Trinajstić information content (AvgIpc) is 2.61. The zero-order valence-corrected chi connectivity index (χ0v) is 14.1. The second-order valence-corrected chi connectivity index (χ2v) is 5.65. The smallest absolute Gasteiger partial charge is 0.306 e. The molecule has 132 valence electrons. The third-order valence-corrected chi connectivity index (χ3v) is 3.59. The Balaban J connectivity index is 1.58. The maximum atomic E-state index is 11.7. The van der Waals surface area contributed by atoms with Crippen molar-refractivity contribution in [3.8, 4) is 0 Å². The van der Waals surface area contributed by atoms with Crippen molar-refractivity contribution < 1.29 is 14.5 Å². The van der Waals surface area contributed by atoms with E-state index in [1.54, 1.807) is 6.07 Å². The number of hydrogen-bond acceptors (Lipinski definition) is 6. The summed E-state index contributed by atoms with van der Waals surface area (Å²) in [5, 5.41) is 13.6. The predicted molar refractivity (Wildman–Crippen MR) is 94.5 cm³/mol. The molecule has 0 unspecified atom stereocenters. The van der Waals surface area contributed by atoms with Crippen LogP contribution in [0.2, 0.25) is 0 Å². The summed E-state index contributed by atoms with van der Waals surface area (Å²) >= 11 is 0. The number of nitrogens with zero attached hydrogens (tertiary/aromatic N) is 2. The largest absolute Gasteiger partial charge is 0.466 e. The topological polar surface area (TPSA) is 94.4 Å². The van der Waals surface area contributed by atoms with Gasteiger partial charge < -0.3 is 10.1 Å². The Kier molecular flexibility index (Phi) is 6.88. The molecule has 0 amide bonds. The first-order chi connectivity index (χ1) is 12.0. The van der Waals surface area contributed by atoms with Crippen molar-refractivity contribution >= 4 is 17.5 Å². The summed E-state index contributed by atoms with van der Waals surface area (Å²) in [4.78, 5) is 25.7. The highest BCUT2D eigenvalue weighted by molar-refractivity contribution is 5.69. The number of ether oxygens (including phenoxy) is 1. The molecule has 0 bridgehead atoms. The first-order valence-corrected chi connectivity index (χ1v) is 8.10. The summed E-state index contributed by atoms with van der Waals surface area (Å²) in [5.74, 6) is 0.338. The molecule has 25 heavy (non-hydrogen) atoms. The van der Waals surface area contributed by atoms with Crippen LogP contribution in [0.25, 0.3) is 0 Å². The molecule has 0 saturated carbocycles. The Labute approximate surface area is 146 Å². The Hall–Kier alpha value is -2.96. The molecule has 0 saturated heterocycles. The van der Waals surface area contributed by atoms with Crippen molar-refractivity contribution in [3.05, 3.63) is 63.8 Å². The van der Waals surface area contributed by atoms with Crippen LogP contribution in [-0.2, 0) is 16.0 Å². The highest BCUT2D eigenvalue weighted by atomic mass is 16.6. The fourth-order valence-electron chi connectivity index (χ4n) is 2.15. The maximum absolute atomic E-state index is 11.7. The number of carbonyl (C=O) groups excluding carboxylic acids is 1. The number of pyridine rings is 1. The van der Waals surface area contributed by atoms with E-state index in [4.69, 9.17) is 4.74 Å². The fourth-order valence-corrected chi connectivity index (χ4v) is 2.15. The summed E-state index contributed by atoms with van der Waals surface area (Å²) in [7, 11) is 0. The molecular formula is C18H21N3O4. The Morgan fingerprint density at radius 1 is 1.24 bits per heavy atom. The number of carbonyl (C=O) groups is 1. The van der Waals surface area contributed by atoms with Crippen molar-refractivity contribution in [2.24, 2.45) is 0 Å². The van der Waals surface area contributed by atoms with E-state index in [0.717, 1.165) is 5.56 Å². The van der Waals surface area contributed by atoms with Gasteiger partial charge in [-0.2, -0.15) is 0 Å². The summed E-state index contributed by atoms with van der Waals surface area (Å²) in [5.41, 5.74) is 2.27. The molecule has 0 spiro atoms. The van der Waals surface area contributed by atoms with E-state index < -0.39 is 4.92 Å². The average molecular weight is 343 g/mol. The van der Waals surface area contributed by atoms with Gasteiger partial charge in [-0.15, -0.1) is 0 Å². The molecule has 2 rings (SSSR count). The standard InChI is InChI=1S/C18H21N3O4/c1-14-3-5-15(6-4-14)7-10-18(22)25-12-2-11-19-17-9-8-16(13-20-17)21(23)24/h3-6,8-9,13H,2,7,10-12H2,1H3,(H,19,20). The zero-order valence-electron chi connectivity index (χ0n) is 14.1. The highest BCUT2D eigenvalue weighted by Crippen LogP contribution is 2.11. The monoisotopic (exact) mass is 343 g/mol. The van der Waals surface area contributed by atoms with Gasteiger partial charge in [0.1, 0.15) is 12.0 Å². The molecule has 1 aromatic carbocycles. The molecule has 0 aliphatic rings. The molecule has 7 heteroatoms. The number of anilines is 1. The van der Waals surface area contributed by atoms with Crippen molar-refractivity contribution in [2.45, 2.75) is 26.2 Å². The van der Waals surface area contributed by atoms with E-state index in [-0.39, 0.29) is 11.7 Å². The van der Waals surface area contributed by atoms with Crippen LogP contribution in [0.3, 0.4) is 0 Å². The van der Waals surface area contributed by atoms with Gasteiger partial charge in [0.15, 0.2) is 0 Å². The molecule has 0 fully saturated rings. The second kappa shape index (κ2) is 9.36. The van der Waals surface area contributed by atoms with Gasteiger partial charge in [0.05, 0.1) is 11.5 Å². The quantitative estimate of drug-likeness (QED) is 0.325. The van der Waals surface area contributed by atoms with Gasteiger partial charge in [-0.3, -0.25) is 14.9 Å². The Morgan fingerprint density at radius 2 is 2.00 bits per heavy atom. The predicted octanol–water partition coefficient (Wildman–Crippen LogP) is 3.28. The molecule has 1 aromatic heterocycles. The second-order valence-electron chi connectivity index (χ2n) is 5.65. The van der Waals surface area contributed by atoms with Crippen molar-refractivity contribution in [1.82, 2.24) is 4.98 Å². The van der Waals surface area contributed by atoms with Gasteiger partial charge >= 0.3 is 5.97 Å². The van der Waals surface area contributed by atoms with Crippen molar-refractivity contribution in [3.63, 3.8) is 0 Å². The molecule has 0 aliphatic heterocycles. The van der Waals surface area contributed by atoms with Gasteiger partial charge in [0, 0.05) is 19.0 Å². The van der Waals surface area contributed by atoms with Gasteiger partial charge in [0.25, 0.3) is 5.69 Å². The maximum Gasteiger partial charge on any atom is 0.306 e. The van der Waals surface area contributed by atoms with E-state index in [9.17, 15) is 14.9 Å². The summed E-state index contributed by atoms with van der Waals surface area (Å²) in [6.07, 6.45) is 2.87. The van der Waals surface area contributed by atoms with E-state index in [1.807, 2.05) is 31.2 Å². The van der Waals surface area contributed by atoms with Crippen LogP contribution in [0.1, 0.15) is 24.0 Å². The van der Waals surface area contributed by atoms with E-state index >= 15 is 0 Å². The van der Waals surface area contributed by atoms with E-state index in [0.29, 0.717) is 38.2 Å². The molecular weight excluding hydrogens is 322 g/mol. The lowest BCUT2D eigenvalue weighted by Gasteiger charge is -2.07. The third-order valence-electron chi connectivity index (χ3n) is 3.59. The minimum Gasteiger partial charge on any atom is -0.466 e. The fraction of sp³-hybridized carbons (Fsp3) is 0.333. The van der Waals surface area contributed by atoms with Crippen LogP contribution in [0.4, 0.5) is 11.5 Å². The first kappa shape index (κ1) is 18.4. The van der Waals surface area contributed by atoms with Crippen LogP contribution in [0.15, 0.2) is 42.6 Å². The summed E-state index contributed by atoms with van der Waals surface area (Å²) in [6.45, 7) is 2.92. The number of rotatable bonds is 9. The Bertz CT molecular complexity index is 699. The van der Waals surface area contributed by atoms with Crippen LogP contribution in [0.5, 0.6) is 0 Å². The Morgan fingerprint density at radius 3 is 2.64 bits per heavy atom.